The summed E-state index contributed by atoms with van der Waals surface area (Å²) in [5, 5.41) is 6.84. The molecule has 0 saturated carbocycles. The molecule has 0 bridgehead atoms. The fourth-order valence-electron chi connectivity index (χ4n) is 1.57. The maximum atomic E-state index is 11.7. The Bertz CT molecular complexity index is 590. The summed E-state index contributed by atoms with van der Waals surface area (Å²) in [5.41, 5.74) is 1.63. The molecule has 4 nitrogen and oxygen atoms in total. The van der Waals surface area contributed by atoms with Gasteiger partial charge in [-0.05, 0) is 35.9 Å². The van der Waals surface area contributed by atoms with Gasteiger partial charge in [0.25, 0.3) is 0 Å². The Hall–Kier alpha value is -1.78. The van der Waals surface area contributed by atoms with E-state index in [0.717, 1.165) is 5.56 Å². The summed E-state index contributed by atoms with van der Waals surface area (Å²) < 4.78 is 0. The average Bonchev–Trinajstić information content (AvgIpc) is 2.47. The molecule has 0 fully saturated rings. The third kappa shape index (κ3) is 4.40. The van der Waals surface area contributed by atoms with Crippen molar-refractivity contribution in [3.05, 3.63) is 58.3 Å². The molecule has 0 spiro atoms. The molecule has 0 atom stereocenters. The Balaban J connectivity index is 1.82. The minimum absolute atomic E-state index is 0.127. The SMILES string of the molecule is O=C(CNc1cc(Cl)ccc1Cl)NCc1ccncc1. The van der Waals surface area contributed by atoms with Crippen molar-refractivity contribution in [1.29, 1.82) is 0 Å². The Labute approximate surface area is 127 Å². The fraction of sp³-hybridized carbons (Fsp3) is 0.143. The monoisotopic (exact) mass is 309 g/mol. The molecular weight excluding hydrogens is 297 g/mol. The van der Waals surface area contributed by atoms with E-state index in [2.05, 4.69) is 15.6 Å². The molecule has 1 aromatic heterocycles. The standard InChI is InChI=1S/C14H13Cl2N3O/c15-11-1-2-12(16)13(7-11)18-9-14(20)19-8-10-3-5-17-6-4-10/h1-7,18H,8-9H2,(H,19,20). The van der Waals surface area contributed by atoms with Crippen molar-refractivity contribution in [1.82, 2.24) is 10.3 Å². The zero-order chi connectivity index (χ0) is 14.4. The summed E-state index contributed by atoms with van der Waals surface area (Å²) in [7, 11) is 0. The van der Waals surface area contributed by atoms with Crippen molar-refractivity contribution < 1.29 is 4.79 Å². The van der Waals surface area contributed by atoms with Crippen LogP contribution in [0, 0.1) is 0 Å². The molecule has 0 aliphatic rings. The number of benzene rings is 1. The highest BCUT2D eigenvalue weighted by Crippen LogP contribution is 2.24. The summed E-state index contributed by atoms with van der Waals surface area (Å²) in [6.45, 7) is 0.595. The molecule has 104 valence electrons. The van der Waals surface area contributed by atoms with Crippen molar-refractivity contribution in [2.45, 2.75) is 6.54 Å². The number of hydrogen-bond acceptors (Lipinski definition) is 3. The van der Waals surface area contributed by atoms with Crippen molar-refractivity contribution in [3.63, 3.8) is 0 Å². The van der Waals surface area contributed by atoms with E-state index in [0.29, 0.717) is 22.3 Å². The molecule has 1 aromatic carbocycles. The first kappa shape index (κ1) is 14.6. The van der Waals surface area contributed by atoms with Crippen LogP contribution in [0.5, 0.6) is 0 Å². The van der Waals surface area contributed by atoms with E-state index < -0.39 is 0 Å². The normalized spacial score (nSPS) is 10.1. The number of hydrogen-bond donors (Lipinski definition) is 2. The summed E-state index contributed by atoms with van der Waals surface area (Å²) >= 11 is 11.9. The van der Waals surface area contributed by atoms with E-state index in [4.69, 9.17) is 23.2 Å². The Morgan fingerprint density at radius 3 is 2.65 bits per heavy atom. The van der Waals surface area contributed by atoms with Gasteiger partial charge in [0.05, 0.1) is 17.3 Å². The molecule has 2 rings (SSSR count). The molecule has 1 amide bonds. The second-order valence-electron chi connectivity index (χ2n) is 4.11. The highest BCUT2D eigenvalue weighted by atomic mass is 35.5. The van der Waals surface area contributed by atoms with Crippen LogP contribution in [0.2, 0.25) is 10.0 Å². The van der Waals surface area contributed by atoms with Gasteiger partial charge in [-0.25, -0.2) is 0 Å². The zero-order valence-corrected chi connectivity index (χ0v) is 12.1. The van der Waals surface area contributed by atoms with Gasteiger partial charge in [-0.1, -0.05) is 23.2 Å². The summed E-state index contributed by atoms with van der Waals surface area (Å²) in [6, 6.07) is 8.75. The molecule has 0 aliphatic carbocycles. The van der Waals surface area contributed by atoms with Gasteiger partial charge in [0.2, 0.25) is 5.91 Å². The van der Waals surface area contributed by atoms with Gasteiger partial charge in [-0.3, -0.25) is 9.78 Å². The van der Waals surface area contributed by atoms with Gasteiger partial charge < -0.3 is 10.6 Å². The zero-order valence-electron chi connectivity index (χ0n) is 10.6. The maximum Gasteiger partial charge on any atom is 0.239 e. The van der Waals surface area contributed by atoms with Crippen molar-refractivity contribution in [3.8, 4) is 0 Å². The second-order valence-corrected chi connectivity index (χ2v) is 4.95. The van der Waals surface area contributed by atoms with Crippen LogP contribution >= 0.6 is 23.2 Å². The number of anilines is 1. The Morgan fingerprint density at radius 2 is 1.90 bits per heavy atom. The van der Waals surface area contributed by atoms with Crippen LogP contribution in [0.25, 0.3) is 0 Å². The first-order valence-electron chi connectivity index (χ1n) is 5.99. The molecule has 1 heterocycles. The highest BCUT2D eigenvalue weighted by Gasteiger charge is 2.04. The van der Waals surface area contributed by atoms with Crippen LogP contribution in [-0.2, 0) is 11.3 Å². The lowest BCUT2D eigenvalue weighted by Gasteiger charge is -2.09. The van der Waals surface area contributed by atoms with Crippen LogP contribution < -0.4 is 10.6 Å². The molecule has 2 N–H and O–H groups in total. The van der Waals surface area contributed by atoms with Gasteiger partial charge in [-0.2, -0.15) is 0 Å². The highest BCUT2D eigenvalue weighted by molar-refractivity contribution is 6.35. The van der Waals surface area contributed by atoms with Crippen LogP contribution in [0.15, 0.2) is 42.7 Å². The fourth-order valence-corrected chi connectivity index (χ4v) is 1.93. The lowest BCUT2D eigenvalue weighted by Crippen LogP contribution is -2.29. The second kappa shape index (κ2) is 7.12. The number of carbonyl (C=O) groups is 1. The molecule has 0 unspecified atom stereocenters. The van der Waals surface area contributed by atoms with E-state index in [9.17, 15) is 4.79 Å². The quantitative estimate of drug-likeness (QED) is 0.892. The minimum atomic E-state index is -0.127. The average molecular weight is 310 g/mol. The van der Waals surface area contributed by atoms with E-state index >= 15 is 0 Å². The third-order valence-electron chi connectivity index (χ3n) is 2.61. The predicted molar refractivity (Wildman–Crippen MR) is 81.0 cm³/mol. The third-order valence-corrected chi connectivity index (χ3v) is 3.17. The van der Waals surface area contributed by atoms with Crippen molar-refractivity contribution >= 4 is 34.8 Å². The topological polar surface area (TPSA) is 54.0 Å². The smallest absolute Gasteiger partial charge is 0.239 e. The van der Waals surface area contributed by atoms with Crippen LogP contribution in [-0.4, -0.2) is 17.4 Å². The Kier molecular flexibility index (Phi) is 5.21. The number of aromatic nitrogens is 1. The predicted octanol–water partition coefficient (Wildman–Crippen LogP) is 3.12. The van der Waals surface area contributed by atoms with Gasteiger partial charge in [0.15, 0.2) is 0 Å². The van der Waals surface area contributed by atoms with E-state index in [-0.39, 0.29) is 12.5 Å². The van der Waals surface area contributed by atoms with Crippen LogP contribution in [0.1, 0.15) is 5.56 Å². The number of amides is 1. The van der Waals surface area contributed by atoms with Gasteiger partial charge in [-0.15, -0.1) is 0 Å². The molecule has 6 heteroatoms. The number of carbonyl (C=O) groups excluding carboxylic acids is 1. The largest absolute Gasteiger partial charge is 0.375 e. The van der Waals surface area contributed by atoms with Gasteiger partial charge in [0.1, 0.15) is 0 Å². The number of pyridine rings is 1. The Morgan fingerprint density at radius 1 is 1.15 bits per heavy atom. The molecule has 2 aromatic rings. The summed E-state index contributed by atoms with van der Waals surface area (Å²) in [4.78, 5) is 15.6. The number of nitrogens with zero attached hydrogens (tertiary/aromatic N) is 1. The first-order valence-corrected chi connectivity index (χ1v) is 6.75. The van der Waals surface area contributed by atoms with Crippen LogP contribution in [0.3, 0.4) is 0 Å². The van der Waals surface area contributed by atoms with Crippen LogP contribution in [0.4, 0.5) is 5.69 Å². The van der Waals surface area contributed by atoms with Crippen molar-refractivity contribution in [2.75, 3.05) is 11.9 Å². The number of rotatable bonds is 5. The van der Waals surface area contributed by atoms with Gasteiger partial charge >= 0.3 is 0 Å². The van der Waals surface area contributed by atoms with E-state index in [1.165, 1.54) is 0 Å². The lowest BCUT2D eigenvalue weighted by molar-refractivity contribution is -0.119. The number of nitrogens with one attached hydrogen (secondary N) is 2. The lowest BCUT2D eigenvalue weighted by atomic mass is 10.2. The molecular formula is C14H13Cl2N3O. The minimum Gasteiger partial charge on any atom is -0.375 e. The first-order chi connectivity index (χ1) is 9.65. The summed E-state index contributed by atoms with van der Waals surface area (Å²) in [5.74, 6) is -0.127. The van der Waals surface area contributed by atoms with Gasteiger partial charge in [0, 0.05) is 24.0 Å². The molecule has 0 saturated heterocycles. The van der Waals surface area contributed by atoms with E-state index in [1.807, 2.05) is 12.1 Å². The van der Waals surface area contributed by atoms with E-state index in [1.54, 1.807) is 30.6 Å². The molecule has 0 aliphatic heterocycles. The summed E-state index contributed by atoms with van der Waals surface area (Å²) in [6.07, 6.45) is 3.37. The molecule has 20 heavy (non-hydrogen) atoms. The number of halogens is 2. The maximum absolute atomic E-state index is 11.7. The molecule has 0 radical (unpaired) electrons. The van der Waals surface area contributed by atoms with Crippen molar-refractivity contribution in [2.24, 2.45) is 0 Å².